The van der Waals surface area contributed by atoms with Gasteiger partial charge in [0.15, 0.2) is 11.0 Å². The van der Waals surface area contributed by atoms with Crippen LogP contribution in [0.2, 0.25) is 5.15 Å². The molecule has 10 heteroatoms. The number of nitrogens with zero attached hydrogens (tertiary/aromatic N) is 3. The van der Waals surface area contributed by atoms with Gasteiger partial charge in [0, 0.05) is 30.9 Å². The molecule has 180 valence electrons. The minimum absolute atomic E-state index is 0.00182. The Labute approximate surface area is 202 Å². The molecule has 1 unspecified atom stereocenters. The van der Waals surface area contributed by atoms with E-state index in [4.69, 9.17) is 16.3 Å². The molecule has 3 heterocycles. The lowest BCUT2D eigenvalue weighted by atomic mass is 10.1. The van der Waals surface area contributed by atoms with Gasteiger partial charge in [0.2, 0.25) is 0 Å². The highest BCUT2D eigenvalue weighted by Crippen LogP contribution is 2.60. The Morgan fingerprint density at radius 1 is 1.18 bits per heavy atom. The van der Waals surface area contributed by atoms with Crippen LogP contribution >= 0.6 is 11.6 Å². The van der Waals surface area contributed by atoms with Crippen molar-refractivity contribution in [3.8, 4) is 0 Å². The van der Waals surface area contributed by atoms with Crippen molar-refractivity contribution in [2.75, 3.05) is 13.1 Å². The smallest absolute Gasteiger partial charge is 0.410 e. The Morgan fingerprint density at radius 2 is 1.79 bits per heavy atom. The Bertz CT molecular complexity index is 1400. The number of ether oxygens (including phenoxy) is 1. The van der Waals surface area contributed by atoms with Gasteiger partial charge in [-0.25, -0.2) is 26.6 Å². The van der Waals surface area contributed by atoms with Crippen molar-refractivity contribution < 1.29 is 22.3 Å². The normalized spacial score (nSPS) is 22.2. The fourth-order valence-electron chi connectivity index (χ4n) is 4.88. The molecule has 1 aliphatic carbocycles. The highest BCUT2D eigenvalue weighted by atomic mass is 35.5. The van der Waals surface area contributed by atoms with E-state index in [1.54, 1.807) is 17.0 Å². The van der Waals surface area contributed by atoms with Gasteiger partial charge in [-0.05, 0) is 63.1 Å². The van der Waals surface area contributed by atoms with Crippen LogP contribution in [0.15, 0.2) is 41.6 Å². The molecular formula is C24H25ClFN3O4S. The molecule has 7 nitrogen and oxygen atoms in total. The van der Waals surface area contributed by atoms with Crippen molar-refractivity contribution >= 4 is 38.6 Å². The number of benzene rings is 1. The maximum absolute atomic E-state index is 15.1. The lowest BCUT2D eigenvalue weighted by Gasteiger charge is -2.25. The molecule has 2 fully saturated rings. The topological polar surface area (TPSA) is 81.5 Å². The zero-order valence-corrected chi connectivity index (χ0v) is 20.8. The van der Waals surface area contributed by atoms with Crippen LogP contribution in [-0.4, -0.2) is 47.1 Å². The summed E-state index contributed by atoms with van der Waals surface area (Å²) in [5, 5.41) is 0.0328. The largest absolute Gasteiger partial charge is 0.444 e. The van der Waals surface area contributed by atoms with Gasteiger partial charge in [-0.1, -0.05) is 29.3 Å². The molecular weight excluding hydrogens is 481 g/mol. The Hall–Kier alpha value is -2.65. The maximum Gasteiger partial charge on any atom is 0.410 e. The highest BCUT2D eigenvalue weighted by molar-refractivity contribution is 7.90. The van der Waals surface area contributed by atoms with E-state index >= 15 is 4.39 Å². The molecule has 5 rings (SSSR count). The van der Waals surface area contributed by atoms with Gasteiger partial charge in [-0.3, -0.25) is 0 Å². The predicted octanol–water partition coefficient (Wildman–Crippen LogP) is 4.95. The van der Waals surface area contributed by atoms with Gasteiger partial charge in [0.1, 0.15) is 11.1 Å². The molecule has 1 saturated carbocycles. The van der Waals surface area contributed by atoms with Crippen LogP contribution in [-0.2, 0) is 14.8 Å². The predicted molar refractivity (Wildman–Crippen MR) is 126 cm³/mol. The molecule has 1 aromatic carbocycles. The average Bonchev–Trinajstić information content (AvgIpc) is 3.10. The summed E-state index contributed by atoms with van der Waals surface area (Å²) in [6.45, 7) is 8.33. The molecule has 0 spiro atoms. The Kier molecular flexibility index (Phi) is 5.22. The lowest BCUT2D eigenvalue weighted by molar-refractivity contribution is 0.0271. The van der Waals surface area contributed by atoms with Crippen molar-refractivity contribution in [2.45, 2.75) is 44.1 Å². The zero-order valence-electron chi connectivity index (χ0n) is 19.2. The first kappa shape index (κ1) is 23.1. The molecule has 3 aromatic rings. The molecule has 2 aliphatic rings. The van der Waals surface area contributed by atoms with Crippen molar-refractivity contribution in [3.05, 3.63) is 58.8 Å². The minimum atomic E-state index is -4.07. The standard InChI is InChI=1S/C24H25ClFN3O4S/c1-13-5-7-14(8-6-13)34(31,32)29-12-18(15-9-27-22(25)20(26)21(15)29)19-16-10-28(11-17(16)19)23(30)33-24(2,3)4/h5-9,12,16-17,19H,10-11H2,1-4H3/t16-,17+,19?. The van der Waals surface area contributed by atoms with Crippen molar-refractivity contribution in [2.24, 2.45) is 11.8 Å². The number of carbonyl (C=O) groups excluding carboxylic acids is 1. The molecule has 0 bridgehead atoms. The number of hydrogen-bond acceptors (Lipinski definition) is 5. The van der Waals surface area contributed by atoms with Crippen LogP contribution in [0.4, 0.5) is 9.18 Å². The van der Waals surface area contributed by atoms with Gasteiger partial charge < -0.3 is 9.64 Å². The highest BCUT2D eigenvalue weighted by Gasteiger charge is 2.58. The van der Waals surface area contributed by atoms with Crippen molar-refractivity contribution in [3.63, 3.8) is 0 Å². The number of pyridine rings is 1. The van der Waals surface area contributed by atoms with Crippen LogP contribution in [0.1, 0.15) is 37.8 Å². The summed E-state index contributed by atoms with van der Waals surface area (Å²) in [7, 11) is -4.07. The second-order valence-electron chi connectivity index (χ2n) is 10.1. The number of amides is 1. The zero-order chi connectivity index (χ0) is 24.6. The van der Waals surface area contributed by atoms with Crippen LogP contribution in [0.25, 0.3) is 10.9 Å². The van der Waals surface area contributed by atoms with Crippen LogP contribution in [0.3, 0.4) is 0 Å². The summed E-state index contributed by atoms with van der Waals surface area (Å²) in [4.78, 5) is 18.1. The van der Waals surface area contributed by atoms with E-state index in [9.17, 15) is 13.2 Å². The third-order valence-electron chi connectivity index (χ3n) is 6.52. The quantitative estimate of drug-likeness (QED) is 0.470. The van der Waals surface area contributed by atoms with E-state index in [1.165, 1.54) is 24.5 Å². The van der Waals surface area contributed by atoms with Crippen LogP contribution < -0.4 is 0 Å². The number of aromatic nitrogens is 2. The third-order valence-corrected chi connectivity index (χ3v) is 8.46. The van der Waals surface area contributed by atoms with Crippen LogP contribution in [0, 0.1) is 24.6 Å². The minimum Gasteiger partial charge on any atom is -0.444 e. The van der Waals surface area contributed by atoms with E-state index in [1.807, 2.05) is 27.7 Å². The summed E-state index contributed by atoms with van der Waals surface area (Å²) < 4.78 is 48.5. The number of carbonyl (C=O) groups is 1. The fourth-order valence-corrected chi connectivity index (χ4v) is 6.40. The second-order valence-corrected chi connectivity index (χ2v) is 12.2. The van der Waals surface area contributed by atoms with Gasteiger partial charge in [0.25, 0.3) is 10.0 Å². The average molecular weight is 506 g/mol. The van der Waals surface area contributed by atoms with Crippen LogP contribution in [0.5, 0.6) is 0 Å². The number of hydrogen-bond donors (Lipinski definition) is 0. The molecule has 34 heavy (non-hydrogen) atoms. The monoisotopic (exact) mass is 505 g/mol. The van der Waals surface area contributed by atoms with Crippen molar-refractivity contribution in [1.82, 2.24) is 13.9 Å². The number of halogens is 2. The SMILES string of the molecule is Cc1ccc(S(=O)(=O)n2cc(C3[C@H]4CN(C(=O)OC(C)(C)C)C[C@@H]34)c3cnc(Cl)c(F)c32)cc1. The molecule has 1 saturated heterocycles. The van der Waals surface area contributed by atoms with E-state index in [0.717, 1.165) is 9.54 Å². The number of piperidine rings is 1. The fraction of sp³-hybridized carbons (Fsp3) is 0.417. The lowest BCUT2D eigenvalue weighted by Crippen LogP contribution is -2.36. The summed E-state index contributed by atoms with van der Waals surface area (Å²) in [6.07, 6.45) is 2.56. The molecule has 2 aromatic heterocycles. The van der Waals surface area contributed by atoms with E-state index in [-0.39, 0.29) is 39.4 Å². The molecule has 3 atom stereocenters. The maximum atomic E-state index is 15.1. The van der Waals surface area contributed by atoms with E-state index < -0.39 is 21.4 Å². The summed E-state index contributed by atoms with van der Waals surface area (Å²) in [5.41, 5.74) is 0.927. The first-order chi connectivity index (χ1) is 15.9. The van der Waals surface area contributed by atoms with E-state index in [2.05, 4.69) is 4.98 Å². The van der Waals surface area contributed by atoms with Gasteiger partial charge in [-0.2, -0.15) is 0 Å². The summed E-state index contributed by atoms with van der Waals surface area (Å²) in [6, 6.07) is 6.39. The molecule has 1 aliphatic heterocycles. The first-order valence-corrected chi connectivity index (χ1v) is 12.9. The van der Waals surface area contributed by atoms with Gasteiger partial charge in [0.05, 0.1) is 4.90 Å². The van der Waals surface area contributed by atoms with E-state index in [0.29, 0.717) is 24.0 Å². The molecule has 1 amide bonds. The second kappa shape index (κ2) is 7.68. The summed E-state index contributed by atoms with van der Waals surface area (Å²) in [5.74, 6) is -0.583. The number of rotatable bonds is 3. The Balaban J connectivity index is 1.51. The van der Waals surface area contributed by atoms with Gasteiger partial charge >= 0.3 is 6.09 Å². The first-order valence-electron chi connectivity index (χ1n) is 11.0. The summed E-state index contributed by atoms with van der Waals surface area (Å²) >= 11 is 5.93. The van der Waals surface area contributed by atoms with Crippen molar-refractivity contribution in [1.29, 1.82) is 0 Å². The number of aryl methyl sites for hydroxylation is 1. The number of likely N-dealkylation sites (tertiary alicyclic amines) is 1. The molecule has 0 N–H and O–H groups in total. The Morgan fingerprint density at radius 3 is 2.38 bits per heavy atom. The number of fused-ring (bicyclic) bond motifs is 2. The molecule has 0 radical (unpaired) electrons. The van der Waals surface area contributed by atoms with Gasteiger partial charge in [-0.15, -0.1) is 0 Å². The third kappa shape index (κ3) is 3.75.